The smallest absolute Gasteiger partial charge is 0.317 e. The number of hydrogen-bond donors (Lipinski definition) is 0. The molecule has 0 saturated heterocycles. The molecule has 0 saturated carbocycles. The van der Waals surface area contributed by atoms with Gasteiger partial charge >= 0.3 is 5.97 Å². The van der Waals surface area contributed by atoms with E-state index in [1.807, 2.05) is 0 Å². The van der Waals surface area contributed by atoms with Crippen LogP contribution in [0.25, 0.3) is 0 Å². The zero-order chi connectivity index (χ0) is 13.8. The van der Waals surface area contributed by atoms with E-state index >= 15 is 0 Å². The fourth-order valence-electron chi connectivity index (χ4n) is 1.65. The van der Waals surface area contributed by atoms with Crippen molar-refractivity contribution in [2.75, 3.05) is 6.61 Å². The van der Waals surface area contributed by atoms with Gasteiger partial charge in [0, 0.05) is 5.56 Å². The summed E-state index contributed by atoms with van der Waals surface area (Å²) in [6.45, 7) is 3.08. The van der Waals surface area contributed by atoms with E-state index in [1.54, 1.807) is 13.0 Å². The molecule has 0 aliphatic rings. The summed E-state index contributed by atoms with van der Waals surface area (Å²) < 4.78 is 31.7. The number of rotatable bonds is 4. The number of hydrogen-bond acceptors (Lipinski definition) is 3. The van der Waals surface area contributed by atoms with Gasteiger partial charge in [0.25, 0.3) is 0 Å². The first-order chi connectivity index (χ1) is 8.45. The van der Waals surface area contributed by atoms with Crippen molar-refractivity contribution >= 4 is 5.97 Å². The second kappa shape index (κ2) is 5.58. The van der Waals surface area contributed by atoms with E-state index in [9.17, 15) is 13.6 Å². The summed E-state index contributed by atoms with van der Waals surface area (Å²) in [5.41, 5.74) is -1.67. The molecule has 96 valence electrons. The SMILES string of the molecule is CCOC(=O)C(C)(CC#N)c1cc(F)ccc1F. The van der Waals surface area contributed by atoms with Crippen LogP contribution in [0, 0.1) is 23.0 Å². The Balaban J connectivity index is 3.31. The van der Waals surface area contributed by atoms with E-state index < -0.39 is 23.0 Å². The van der Waals surface area contributed by atoms with Gasteiger partial charge < -0.3 is 4.74 Å². The lowest BCUT2D eigenvalue weighted by Gasteiger charge is -2.25. The topological polar surface area (TPSA) is 50.1 Å². The van der Waals surface area contributed by atoms with Gasteiger partial charge in [-0.2, -0.15) is 5.26 Å². The van der Waals surface area contributed by atoms with Crippen molar-refractivity contribution < 1.29 is 18.3 Å². The Morgan fingerprint density at radius 1 is 1.50 bits per heavy atom. The first-order valence-corrected chi connectivity index (χ1v) is 5.45. The van der Waals surface area contributed by atoms with Crippen molar-refractivity contribution in [2.45, 2.75) is 25.7 Å². The van der Waals surface area contributed by atoms with Crippen LogP contribution in [0.5, 0.6) is 0 Å². The molecule has 5 heteroatoms. The normalized spacial score (nSPS) is 13.5. The number of ether oxygens (including phenoxy) is 1. The van der Waals surface area contributed by atoms with E-state index in [2.05, 4.69) is 0 Å². The van der Waals surface area contributed by atoms with E-state index in [0.29, 0.717) is 0 Å². The Hall–Kier alpha value is -1.96. The number of halogens is 2. The largest absolute Gasteiger partial charge is 0.465 e. The maximum absolute atomic E-state index is 13.7. The lowest BCUT2D eigenvalue weighted by atomic mass is 9.79. The molecule has 18 heavy (non-hydrogen) atoms. The molecule has 1 atom stereocenters. The predicted octanol–water partition coefficient (Wildman–Crippen LogP) is 2.70. The summed E-state index contributed by atoms with van der Waals surface area (Å²) in [4.78, 5) is 11.9. The highest BCUT2D eigenvalue weighted by atomic mass is 19.1. The molecule has 1 aromatic rings. The van der Waals surface area contributed by atoms with E-state index in [4.69, 9.17) is 10.00 Å². The molecule has 1 unspecified atom stereocenters. The van der Waals surface area contributed by atoms with Crippen molar-refractivity contribution in [1.29, 1.82) is 5.26 Å². The minimum absolute atomic E-state index is 0.108. The fourth-order valence-corrected chi connectivity index (χ4v) is 1.65. The van der Waals surface area contributed by atoms with Crippen LogP contribution in [0.3, 0.4) is 0 Å². The van der Waals surface area contributed by atoms with Crippen molar-refractivity contribution in [2.24, 2.45) is 0 Å². The van der Waals surface area contributed by atoms with Crippen LogP contribution in [-0.4, -0.2) is 12.6 Å². The van der Waals surface area contributed by atoms with Crippen LogP contribution in [0.2, 0.25) is 0 Å². The molecule has 1 aromatic carbocycles. The molecule has 0 N–H and O–H groups in total. The summed E-state index contributed by atoms with van der Waals surface area (Å²) in [5.74, 6) is -2.14. The van der Waals surface area contributed by atoms with Crippen molar-refractivity contribution in [3.05, 3.63) is 35.4 Å². The average Bonchev–Trinajstić information content (AvgIpc) is 2.32. The highest BCUT2D eigenvalue weighted by Crippen LogP contribution is 2.31. The Labute approximate surface area is 104 Å². The average molecular weight is 253 g/mol. The van der Waals surface area contributed by atoms with Gasteiger partial charge in [-0.25, -0.2) is 8.78 Å². The maximum Gasteiger partial charge on any atom is 0.317 e. The van der Waals surface area contributed by atoms with Crippen molar-refractivity contribution in [3.63, 3.8) is 0 Å². The standard InChI is InChI=1S/C13H13F2NO2/c1-3-18-12(17)13(2,6-7-16)10-8-9(14)4-5-11(10)15/h4-5,8H,3,6H2,1-2H3. The number of benzene rings is 1. The van der Waals surface area contributed by atoms with Gasteiger partial charge in [0.2, 0.25) is 0 Å². The summed E-state index contributed by atoms with van der Waals surface area (Å²) in [7, 11) is 0. The molecule has 0 radical (unpaired) electrons. The van der Waals surface area contributed by atoms with E-state index in [0.717, 1.165) is 18.2 Å². The quantitative estimate of drug-likeness (QED) is 0.775. The minimum atomic E-state index is -1.50. The van der Waals surface area contributed by atoms with E-state index in [-0.39, 0.29) is 18.6 Å². The number of carbonyl (C=O) groups excluding carboxylic acids is 1. The number of nitriles is 1. The summed E-state index contributed by atoms with van der Waals surface area (Å²) in [6.07, 6.45) is -0.286. The number of nitrogens with zero attached hydrogens (tertiary/aromatic N) is 1. The monoisotopic (exact) mass is 253 g/mol. The summed E-state index contributed by atoms with van der Waals surface area (Å²) in [5, 5.41) is 8.77. The van der Waals surface area contributed by atoms with Crippen LogP contribution in [0.15, 0.2) is 18.2 Å². The third-order valence-electron chi connectivity index (χ3n) is 2.68. The Kier molecular flexibility index (Phi) is 4.38. The Bertz CT molecular complexity index is 496. The molecular weight excluding hydrogens is 240 g/mol. The molecule has 0 bridgehead atoms. The molecular formula is C13H13F2NO2. The Morgan fingerprint density at radius 2 is 2.17 bits per heavy atom. The van der Waals surface area contributed by atoms with Gasteiger partial charge in [0.05, 0.1) is 19.1 Å². The molecule has 0 heterocycles. The number of carbonyl (C=O) groups is 1. The van der Waals surface area contributed by atoms with E-state index in [1.165, 1.54) is 6.92 Å². The van der Waals surface area contributed by atoms with Crippen LogP contribution in [-0.2, 0) is 14.9 Å². The van der Waals surface area contributed by atoms with Gasteiger partial charge in [-0.05, 0) is 32.0 Å². The number of esters is 1. The summed E-state index contributed by atoms with van der Waals surface area (Å²) >= 11 is 0. The van der Waals surface area contributed by atoms with Gasteiger partial charge in [0.15, 0.2) is 0 Å². The Morgan fingerprint density at radius 3 is 2.72 bits per heavy atom. The zero-order valence-corrected chi connectivity index (χ0v) is 10.2. The van der Waals surface area contributed by atoms with Gasteiger partial charge in [-0.3, -0.25) is 4.79 Å². The second-order valence-corrected chi connectivity index (χ2v) is 4.01. The predicted molar refractivity (Wildman–Crippen MR) is 60.6 cm³/mol. The molecule has 0 fully saturated rings. The lowest BCUT2D eigenvalue weighted by Crippen LogP contribution is -2.35. The second-order valence-electron chi connectivity index (χ2n) is 4.01. The fraction of sp³-hybridized carbons (Fsp3) is 0.385. The first kappa shape index (κ1) is 14.1. The minimum Gasteiger partial charge on any atom is -0.465 e. The highest BCUT2D eigenvalue weighted by molar-refractivity contribution is 5.83. The van der Waals surface area contributed by atoms with Gasteiger partial charge in [0.1, 0.15) is 17.0 Å². The van der Waals surface area contributed by atoms with Crippen LogP contribution in [0.1, 0.15) is 25.8 Å². The van der Waals surface area contributed by atoms with Crippen LogP contribution >= 0.6 is 0 Å². The molecule has 0 amide bonds. The molecule has 0 aromatic heterocycles. The van der Waals surface area contributed by atoms with Gasteiger partial charge in [-0.1, -0.05) is 0 Å². The molecule has 0 aliphatic heterocycles. The molecule has 0 spiro atoms. The molecule has 0 aliphatic carbocycles. The molecule has 3 nitrogen and oxygen atoms in total. The van der Waals surface area contributed by atoms with Crippen molar-refractivity contribution in [1.82, 2.24) is 0 Å². The highest BCUT2D eigenvalue weighted by Gasteiger charge is 2.39. The van der Waals surface area contributed by atoms with Crippen LogP contribution < -0.4 is 0 Å². The molecule has 1 rings (SSSR count). The summed E-state index contributed by atoms with van der Waals surface area (Å²) in [6, 6.07) is 4.61. The third-order valence-corrected chi connectivity index (χ3v) is 2.68. The first-order valence-electron chi connectivity index (χ1n) is 5.45. The van der Waals surface area contributed by atoms with Crippen molar-refractivity contribution in [3.8, 4) is 6.07 Å². The zero-order valence-electron chi connectivity index (χ0n) is 10.2. The van der Waals surface area contributed by atoms with Crippen LogP contribution in [0.4, 0.5) is 8.78 Å². The lowest BCUT2D eigenvalue weighted by molar-refractivity contribution is -0.149. The third kappa shape index (κ3) is 2.65. The van der Waals surface area contributed by atoms with Gasteiger partial charge in [-0.15, -0.1) is 0 Å². The maximum atomic E-state index is 13.7.